The molecule has 1 rings (SSSR count). The zero-order valence-corrected chi connectivity index (χ0v) is 10.5. The summed E-state index contributed by atoms with van der Waals surface area (Å²) < 4.78 is 0. The number of alkyl halides is 1. The first-order valence-electron chi connectivity index (χ1n) is 4.77. The van der Waals surface area contributed by atoms with Crippen molar-refractivity contribution in [2.75, 3.05) is 5.88 Å². The summed E-state index contributed by atoms with van der Waals surface area (Å²) in [6.45, 7) is 1.69. The maximum atomic E-state index is 11.8. The molecule has 1 N–H and O–H groups in total. The Balaban J connectivity index is 3.11. The highest BCUT2D eigenvalue weighted by atomic mass is 35.5. The molecule has 5 nitrogen and oxygen atoms in total. The third kappa shape index (κ3) is 3.31. The predicted molar refractivity (Wildman–Crippen MR) is 65.8 cm³/mol. The van der Waals surface area contributed by atoms with Crippen LogP contribution in [-0.2, 0) is 0 Å². The number of nitrogens with zero attached hydrogens (tertiary/aromatic N) is 1. The minimum atomic E-state index is -0.647. The summed E-state index contributed by atoms with van der Waals surface area (Å²) in [5, 5.41) is 13.3. The monoisotopic (exact) mass is 276 g/mol. The lowest BCUT2D eigenvalue weighted by Gasteiger charge is -2.11. The highest BCUT2D eigenvalue weighted by Gasteiger charge is 2.23. The lowest BCUT2D eigenvalue weighted by atomic mass is 10.1. The molecule has 0 saturated heterocycles. The van der Waals surface area contributed by atoms with Crippen molar-refractivity contribution in [3.63, 3.8) is 0 Å². The molecule has 92 valence electrons. The van der Waals surface area contributed by atoms with E-state index >= 15 is 0 Å². The van der Waals surface area contributed by atoms with Crippen LogP contribution in [0, 0.1) is 10.1 Å². The molecule has 0 fully saturated rings. The van der Waals surface area contributed by atoms with Gasteiger partial charge in [0, 0.05) is 18.0 Å². The molecule has 0 bridgehead atoms. The third-order valence-corrected chi connectivity index (χ3v) is 2.80. The van der Waals surface area contributed by atoms with Crippen LogP contribution in [0.25, 0.3) is 0 Å². The molecule has 0 radical (unpaired) electrons. The van der Waals surface area contributed by atoms with Crippen LogP contribution in [0.1, 0.15) is 17.3 Å². The van der Waals surface area contributed by atoms with Gasteiger partial charge < -0.3 is 5.32 Å². The Morgan fingerprint density at radius 1 is 1.59 bits per heavy atom. The average Bonchev–Trinajstić information content (AvgIpc) is 2.28. The Morgan fingerprint density at radius 3 is 2.76 bits per heavy atom. The highest BCUT2D eigenvalue weighted by molar-refractivity contribution is 6.34. The number of benzene rings is 1. The second-order valence-electron chi connectivity index (χ2n) is 3.42. The topological polar surface area (TPSA) is 72.2 Å². The summed E-state index contributed by atoms with van der Waals surface area (Å²) in [7, 11) is 0. The quantitative estimate of drug-likeness (QED) is 0.522. The van der Waals surface area contributed by atoms with Crippen molar-refractivity contribution < 1.29 is 9.72 Å². The number of carbonyl (C=O) groups is 1. The fraction of sp³-hybridized carbons (Fsp3) is 0.300. The van der Waals surface area contributed by atoms with Crippen molar-refractivity contribution in [2.24, 2.45) is 0 Å². The van der Waals surface area contributed by atoms with Crippen LogP contribution in [-0.4, -0.2) is 22.8 Å². The lowest BCUT2D eigenvalue weighted by Crippen LogP contribution is -2.34. The number of amides is 1. The van der Waals surface area contributed by atoms with E-state index in [1.165, 1.54) is 18.2 Å². The van der Waals surface area contributed by atoms with E-state index in [1.54, 1.807) is 6.92 Å². The van der Waals surface area contributed by atoms with E-state index in [0.29, 0.717) is 0 Å². The van der Waals surface area contributed by atoms with Gasteiger partial charge in [-0.25, -0.2) is 0 Å². The van der Waals surface area contributed by atoms with Crippen LogP contribution in [0.3, 0.4) is 0 Å². The number of nitro benzene ring substituents is 1. The second-order valence-corrected chi connectivity index (χ2v) is 4.14. The van der Waals surface area contributed by atoms with Gasteiger partial charge in [0.25, 0.3) is 11.6 Å². The van der Waals surface area contributed by atoms with Crippen LogP contribution < -0.4 is 5.32 Å². The zero-order valence-electron chi connectivity index (χ0n) is 8.94. The number of rotatable bonds is 4. The zero-order chi connectivity index (χ0) is 13.0. The van der Waals surface area contributed by atoms with Gasteiger partial charge in [-0.15, -0.1) is 11.6 Å². The van der Waals surface area contributed by atoms with Gasteiger partial charge in [-0.2, -0.15) is 0 Å². The van der Waals surface area contributed by atoms with Crippen LogP contribution in [0.5, 0.6) is 0 Å². The van der Waals surface area contributed by atoms with E-state index in [-0.39, 0.29) is 28.2 Å². The number of hydrogen-bond donors (Lipinski definition) is 1. The molecule has 0 aromatic heterocycles. The first-order chi connectivity index (χ1) is 7.97. The number of hydrogen-bond acceptors (Lipinski definition) is 3. The number of halogens is 2. The molecule has 0 aliphatic rings. The van der Waals surface area contributed by atoms with Crippen LogP contribution >= 0.6 is 23.2 Å². The van der Waals surface area contributed by atoms with Gasteiger partial charge in [0.2, 0.25) is 0 Å². The van der Waals surface area contributed by atoms with E-state index in [9.17, 15) is 14.9 Å². The normalized spacial score (nSPS) is 11.9. The van der Waals surface area contributed by atoms with Crippen molar-refractivity contribution in [1.29, 1.82) is 0 Å². The molecule has 0 heterocycles. The van der Waals surface area contributed by atoms with E-state index in [1.807, 2.05) is 0 Å². The van der Waals surface area contributed by atoms with Crippen molar-refractivity contribution in [1.82, 2.24) is 5.32 Å². The third-order valence-electron chi connectivity index (χ3n) is 2.02. The molecule has 1 atom stereocenters. The molecule has 1 unspecified atom stereocenters. The average molecular weight is 277 g/mol. The maximum Gasteiger partial charge on any atom is 0.283 e. The summed E-state index contributed by atoms with van der Waals surface area (Å²) in [5.41, 5.74) is -0.465. The van der Waals surface area contributed by atoms with Gasteiger partial charge in [-0.1, -0.05) is 17.7 Å². The first-order valence-corrected chi connectivity index (χ1v) is 5.68. The SMILES string of the molecule is CC(CCl)NC(=O)c1c(Cl)cccc1[N+](=O)[O-]. The fourth-order valence-corrected chi connectivity index (χ4v) is 1.56. The van der Waals surface area contributed by atoms with E-state index in [4.69, 9.17) is 23.2 Å². The van der Waals surface area contributed by atoms with Crippen molar-refractivity contribution in [2.45, 2.75) is 13.0 Å². The standard InChI is InChI=1S/C10H10Cl2N2O3/c1-6(5-11)13-10(15)9-7(12)3-2-4-8(9)14(16)17/h2-4,6H,5H2,1H3,(H,13,15). The molecule has 0 aliphatic carbocycles. The molecule has 1 amide bonds. The Hall–Kier alpha value is -1.33. The van der Waals surface area contributed by atoms with Crippen LogP contribution in [0.4, 0.5) is 5.69 Å². The minimum Gasteiger partial charge on any atom is -0.348 e. The summed E-state index contributed by atoms with van der Waals surface area (Å²) in [5.74, 6) is -0.389. The summed E-state index contributed by atoms with van der Waals surface area (Å²) in [4.78, 5) is 21.9. The minimum absolute atomic E-state index is 0.0403. The van der Waals surface area contributed by atoms with Gasteiger partial charge in [0.05, 0.1) is 9.95 Å². The first kappa shape index (κ1) is 13.7. The summed E-state index contributed by atoms with van der Waals surface area (Å²) in [6.07, 6.45) is 0. The van der Waals surface area contributed by atoms with Gasteiger partial charge in [0.1, 0.15) is 5.56 Å². The van der Waals surface area contributed by atoms with Crippen LogP contribution in [0.2, 0.25) is 5.02 Å². The van der Waals surface area contributed by atoms with Crippen LogP contribution in [0.15, 0.2) is 18.2 Å². The molecule has 0 spiro atoms. The van der Waals surface area contributed by atoms with Crippen molar-refractivity contribution in [3.05, 3.63) is 38.9 Å². The number of carbonyl (C=O) groups excluding carboxylic acids is 1. The van der Waals surface area contributed by atoms with Crippen molar-refractivity contribution in [3.8, 4) is 0 Å². The molecule has 17 heavy (non-hydrogen) atoms. The van der Waals surface area contributed by atoms with E-state index in [2.05, 4.69) is 5.32 Å². The molecular weight excluding hydrogens is 267 g/mol. The lowest BCUT2D eigenvalue weighted by molar-refractivity contribution is -0.385. The summed E-state index contributed by atoms with van der Waals surface area (Å²) in [6, 6.07) is 3.78. The Morgan fingerprint density at radius 2 is 2.24 bits per heavy atom. The highest BCUT2D eigenvalue weighted by Crippen LogP contribution is 2.26. The van der Waals surface area contributed by atoms with E-state index in [0.717, 1.165) is 0 Å². The fourth-order valence-electron chi connectivity index (χ4n) is 1.22. The van der Waals surface area contributed by atoms with Gasteiger partial charge in [-0.3, -0.25) is 14.9 Å². The Bertz CT molecular complexity index is 451. The van der Waals surface area contributed by atoms with Gasteiger partial charge >= 0.3 is 0 Å². The Kier molecular flexibility index (Phi) is 4.72. The van der Waals surface area contributed by atoms with Gasteiger partial charge in [-0.05, 0) is 13.0 Å². The molecule has 1 aromatic rings. The predicted octanol–water partition coefficient (Wildman–Crippen LogP) is 2.61. The number of nitrogens with one attached hydrogen (secondary N) is 1. The molecule has 0 aliphatic heterocycles. The van der Waals surface area contributed by atoms with E-state index < -0.39 is 10.8 Å². The molecule has 7 heteroatoms. The smallest absolute Gasteiger partial charge is 0.283 e. The molecule has 0 saturated carbocycles. The molecule has 1 aromatic carbocycles. The second kappa shape index (κ2) is 5.84. The van der Waals surface area contributed by atoms with Gasteiger partial charge in [0.15, 0.2) is 0 Å². The Labute approximate surface area is 108 Å². The van der Waals surface area contributed by atoms with Crippen molar-refractivity contribution >= 4 is 34.8 Å². The number of nitro groups is 1. The molecular formula is C10H10Cl2N2O3. The summed E-state index contributed by atoms with van der Waals surface area (Å²) >= 11 is 11.3. The largest absolute Gasteiger partial charge is 0.348 e. The maximum absolute atomic E-state index is 11.8.